The number of carbonyl (C=O) groups excluding carboxylic acids is 1. The van der Waals surface area contributed by atoms with Crippen LogP contribution in [0.5, 0.6) is 0 Å². The van der Waals surface area contributed by atoms with E-state index in [0.29, 0.717) is 6.04 Å². The number of hydrogen-bond donors (Lipinski definition) is 1. The second kappa shape index (κ2) is 5.35. The van der Waals surface area contributed by atoms with Crippen molar-refractivity contribution in [2.75, 3.05) is 0 Å². The van der Waals surface area contributed by atoms with Crippen LogP contribution in [-0.2, 0) is 0 Å². The fourth-order valence-electron chi connectivity index (χ4n) is 1.46. The molecule has 1 amide bonds. The summed E-state index contributed by atoms with van der Waals surface area (Å²) in [7, 11) is 0. The molecule has 0 bridgehead atoms. The van der Waals surface area contributed by atoms with Crippen LogP contribution < -0.4 is 5.43 Å². The van der Waals surface area contributed by atoms with Gasteiger partial charge in [-0.25, -0.2) is 5.43 Å². The highest BCUT2D eigenvalue weighted by molar-refractivity contribution is 5.92. The van der Waals surface area contributed by atoms with Crippen LogP contribution >= 0.6 is 0 Å². The smallest absolute Gasteiger partial charge is 0.307 e. The van der Waals surface area contributed by atoms with Gasteiger partial charge in [0.15, 0.2) is 5.76 Å². The van der Waals surface area contributed by atoms with Gasteiger partial charge in [0.2, 0.25) is 0 Å². The molecule has 0 aliphatic heterocycles. The molecular weight excluding hydrogens is 230 g/mol. The maximum atomic E-state index is 11.5. The predicted octanol–water partition coefficient (Wildman–Crippen LogP) is 2.43. The molecule has 18 heavy (non-hydrogen) atoms. The Balaban J connectivity index is 1.93. The van der Waals surface area contributed by atoms with Crippen molar-refractivity contribution in [3.05, 3.63) is 48.2 Å². The van der Waals surface area contributed by atoms with Crippen molar-refractivity contribution in [2.45, 2.75) is 19.9 Å². The molecule has 0 aliphatic carbocycles. The molecule has 0 aromatic carbocycles. The van der Waals surface area contributed by atoms with E-state index in [-0.39, 0.29) is 11.7 Å². The van der Waals surface area contributed by atoms with Crippen molar-refractivity contribution >= 4 is 12.1 Å². The number of rotatable bonds is 4. The van der Waals surface area contributed by atoms with Crippen LogP contribution in [0.15, 0.2) is 46.4 Å². The van der Waals surface area contributed by atoms with E-state index in [4.69, 9.17) is 4.42 Å². The molecule has 0 spiro atoms. The summed E-state index contributed by atoms with van der Waals surface area (Å²) in [5.74, 6) is -0.119. The Kier molecular flexibility index (Phi) is 3.62. The summed E-state index contributed by atoms with van der Waals surface area (Å²) in [6.07, 6.45) is 6.98. The van der Waals surface area contributed by atoms with Crippen LogP contribution in [0.2, 0.25) is 0 Å². The van der Waals surface area contributed by atoms with Gasteiger partial charge in [0.05, 0.1) is 12.5 Å². The van der Waals surface area contributed by atoms with Gasteiger partial charge in [0.1, 0.15) is 0 Å². The van der Waals surface area contributed by atoms with Crippen LogP contribution in [-0.4, -0.2) is 16.7 Å². The predicted molar refractivity (Wildman–Crippen MR) is 68.6 cm³/mol. The first kappa shape index (κ1) is 12.2. The van der Waals surface area contributed by atoms with Crippen LogP contribution in [0, 0.1) is 0 Å². The van der Waals surface area contributed by atoms with Crippen LogP contribution in [0.3, 0.4) is 0 Å². The van der Waals surface area contributed by atoms with Gasteiger partial charge in [-0.05, 0) is 32.0 Å². The van der Waals surface area contributed by atoms with Gasteiger partial charge in [0.25, 0.3) is 0 Å². The summed E-state index contributed by atoms with van der Waals surface area (Å²) in [5.41, 5.74) is 3.33. The largest absolute Gasteiger partial charge is 0.459 e. The molecule has 0 saturated carbocycles. The zero-order valence-electron chi connectivity index (χ0n) is 10.3. The number of aromatic nitrogens is 1. The molecule has 0 aliphatic rings. The number of nitrogens with one attached hydrogen (secondary N) is 1. The van der Waals surface area contributed by atoms with Gasteiger partial charge in [-0.3, -0.25) is 4.79 Å². The third-order valence-electron chi connectivity index (χ3n) is 2.46. The molecule has 0 radical (unpaired) electrons. The molecule has 5 heteroatoms. The molecule has 0 saturated heterocycles. The zero-order valence-corrected chi connectivity index (χ0v) is 10.3. The summed E-state index contributed by atoms with van der Waals surface area (Å²) in [4.78, 5) is 11.5. The molecule has 5 nitrogen and oxygen atoms in total. The van der Waals surface area contributed by atoms with E-state index < -0.39 is 0 Å². The van der Waals surface area contributed by atoms with E-state index in [0.717, 1.165) is 5.56 Å². The lowest BCUT2D eigenvalue weighted by Gasteiger charge is -2.04. The molecule has 2 rings (SSSR count). The number of hydrazone groups is 1. The second-order valence-corrected chi connectivity index (χ2v) is 4.16. The second-order valence-electron chi connectivity index (χ2n) is 4.16. The van der Waals surface area contributed by atoms with Gasteiger partial charge in [-0.2, -0.15) is 5.10 Å². The van der Waals surface area contributed by atoms with Crippen LogP contribution in [0.25, 0.3) is 0 Å². The summed E-state index contributed by atoms with van der Waals surface area (Å²) in [6, 6.07) is 5.58. The first-order valence-corrected chi connectivity index (χ1v) is 5.71. The number of hydrogen-bond acceptors (Lipinski definition) is 3. The molecule has 2 aromatic rings. The van der Waals surface area contributed by atoms with Crippen molar-refractivity contribution in [3.8, 4) is 0 Å². The Hall–Kier alpha value is -2.30. The van der Waals surface area contributed by atoms with E-state index in [1.807, 2.05) is 18.5 Å². The lowest BCUT2D eigenvalue weighted by atomic mass is 10.4. The number of carbonyl (C=O) groups is 1. The number of furan rings is 1. The molecular formula is C13H15N3O2. The van der Waals surface area contributed by atoms with Crippen LogP contribution in [0.4, 0.5) is 0 Å². The van der Waals surface area contributed by atoms with Gasteiger partial charge in [-0.1, -0.05) is 0 Å². The highest BCUT2D eigenvalue weighted by Gasteiger charge is 2.05. The van der Waals surface area contributed by atoms with Gasteiger partial charge < -0.3 is 8.98 Å². The Labute approximate surface area is 105 Å². The maximum Gasteiger partial charge on any atom is 0.307 e. The summed E-state index contributed by atoms with van der Waals surface area (Å²) < 4.78 is 7.01. The van der Waals surface area contributed by atoms with Crippen molar-refractivity contribution in [2.24, 2.45) is 5.10 Å². The monoisotopic (exact) mass is 245 g/mol. The Morgan fingerprint density at radius 1 is 1.50 bits per heavy atom. The summed E-state index contributed by atoms with van der Waals surface area (Å²) in [5, 5.41) is 3.87. The first-order chi connectivity index (χ1) is 8.66. The molecule has 94 valence electrons. The third-order valence-corrected chi connectivity index (χ3v) is 2.46. The number of nitrogens with zero attached hydrogens (tertiary/aromatic N) is 2. The van der Waals surface area contributed by atoms with Crippen molar-refractivity contribution < 1.29 is 9.21 Å². The Morgan fingerprint density at radius 3 is 2.94 bits per heavy atom. The van der Waals surface area contributed by atoms with E-state index >= 15 is 0 Å². The molecule has 2 heterocycles. The van der Waals surface area contributed by atoms with Crippen molar-refractivity contribution in [3.63, 3.8) is 0 Å². The summed E-state index contributed by atoms with van der Waals surface area (Å²) >= 11 is 0. The van der Waals surface area contributed by atoms with Gasteiger partial charge in [0, 0.05) is 24.0 Å². The lowest BCUT2D eigenvalue weighted by Crippen LogP contribution is -2.16. The van der Waals surface area contributed by atoms with E-state index in [1.165, 1.54) is 6.26 Å². The molecule has 0 unspecified atom stereocenters. The molecule has 0 fully saturated rings. The van der Waals surface area contributed by atoms with E-state index in [1.54, 1.807) is 18.3 Å². The minimum atomic E-state index is -0.362. The molecule has 1 N–H and O–H groups in total. The SMILES string of the molecule is CC(C)n1ccc(/C=N/NC(=O)c2ccco2)c1. The maximum absolute atomic E-state index is 11.5. The average Bonchev–Trinajstić information content (AvgIpc) is 3.00. The number of amides is 1. The van der Waals surface area contributed by atoms with Gasteiger partial charge >= 0.3 is 5.91 Å². The Bertz CT molecular complexity index is 538. The van der Waals surface area contributed by atoms with E-state index in [9.17, 15) is 4.79 Å². The normalized spacial score (nSPS) is 11.3. The topological polar surface area (TPSA) is 59.5 Å². The fourth-order valence-corrected chi connectivity index (χ4v) is 1.46. The van der Waals surface area contributed by atoms with Gasteiger partial charge in [-0.15, -0.1) is 0 Å². The average molecular weight is 245 g/mol. The molecule has 2 aromatic heterocycles. The highest BCUT2D eigenvalue weighted by Crippen LogP contribution is 2.06. The minimum absolute atomic E-state index is 0.243. The fraction of sp³-hybridized carbons (Fsp3) is 0.231. The quantitative estimate of drug-likeness (QED) is 0.664. The standard InChI is InChI=1S/C13H15N3O2/c1-10(2)16-6-5-11(9-16)8-14-15-13(17)12-4-3-7-18-12/h3-10H,1-2H3,(H,15,17)/b14-8+. The van der Waals surface area contributed by atoms with Crippen LogP contribution in [0.1, 0.15) is 36.0 Å². The molecule has 0 atom stereocenters. The summed E-state index contributed by atoms with van der Waals surface area (Å²) in [6.45, 7) is 4.19. The Morgan fingerprint density at radius 2 is 2.33 bits per heavy atom. The van der Waals surface area contributed by atoms with E-state index in [2.05, 4.69) is 28.9 Å². The third kappa shape index (κ3) is 2.88. The first-order valence-electron chi connectivity index (χ1n) is 5.71. The lowest BCUT2D eigenvalue weighted by molar-refractivity contribution is 0.0927. The van der Waals surface area contributed by atoms with Crippen molar-refractivity contribution in [1.82, 2.24) is 9.99 Å². The highest BCUT2D eigenvalue weighted by atomic mass is 16.3. The minimum Gasteiger partial charge on any atom is -0.459 e. The van der Waals surface area contributed by atoms with Crippen molar-refractivity contribution in [1.29, 1.82) is 0 Å². The zero-order chi connectivity index (χ0) is 13.0.